The fourth-order valence-electron chi connectivity index (χ4n) is 4.65. The first kappa shape index (κ1) is 27.0. The Labute approximate surface area is 225 Å². The van der Waals surface area contributed by atoms with Crippen LogP contribution in [0.3, 0.4) is 0 Å². The van der Waals surface area contributed by atoms with Crippen molar-refractivity contribution in [2.24, 2.45) is 0 Å². The number of hydrogen-bond donors (Lipinski definition) is 0. The summed E-state index contributed by atoms with van der Waals surface area (Å²) in [6.07, 6.45) is -1.36. The zero-order chi connectivity index (χ0) is 28.6. The van der Waals surface area contributed by atoms with E-state index in [1.165, 1.54) is 30.2 Å². The molecule has 0 aliphatic rings. The van der Waals surface area contributed by atoms with Crippen LogP contribution in [0.1, 0.15) is 17.5 Å². The van der Waals surface area contributed by atoms with Crippen LogP contribution in [0.15, 0.2) is 85.5 Å². The highest BCUT2D eigenvalue weighted by molar-refractivity contribution is 5.91. The lowest BCUT2D eigenvalue weighted by atomic mass is 9.95. The zero-order valence-corrected chi connectivity index (χ0v) is 20.8. The van der Waals surface area contributed by atoms with Crippen LogP contribution in [0, 0.1) is 35.1 Å². The molecule has 0 fully saturated rings. The molecule has 0 nitrogen and oxygen atoms in total. The van der Waals surface area contributed by atoms with Gasteiger partial charge in [0.05, 0.1) is 11.1 Å². The Morgan fingerprint density at radius 2 is 1.32 bits per heavy atom. The zero-order valence-electron chi connectivity index (χ0n) is 20.8. The fourth-order valence-corrected chi connectivity index (χ4v) is 4.65. The van der Waals surface area contributed by atoms with Crippen molar-refractivity contribution in [1.82, 2.24) is 0 Å². The molecule has 0 atom stereocenters. The summed E-state index contributed by atoms with van der Waals surface area (Å²) in [7, 11) is 0. The molecule has 0 amide bonds. The summed E-state index contributed by atoms with van der Waals surface area (Å²) in [5, 5.41) is 1.57. The number of alkyl halides is 3. The molecule has 0 radical (unpaired) electrons. The van der Waals surface area contributed by atoms with Gasteiger partial charge in [-0.2, -0.15) is 13.2 Å². The molecule has 0 saturated carbocycles. The third-order valence-corrected chi connectivity index (χ3v) is 6.56. The number of benzene rings is 5. The minimum absolute atomic E-state index is 0.00698. The van der Waals surface area contributed by atoms with Crippen molar-refractivity contribution in [1.29, 1.82) is 0 Å². The highest BCUT2D eigenvalue weighted by Crippen LogP contribution is 2.35. The predicted molar refractivity (Wildman–Crippen MR) is 144 cm³/mol. The molecule has 0 spiro atoms. The van der Waals surface area contributed by atoms with Crippen molar-refractivity contribution >= 4 is 21.5 Å². The van der Waals surface area contributed by atoms with Gasteiger partial charge in [-0.15, -0.1) is 6.58 Å². The molecular formula is C33H19F7. The Balaban J connectivity index is 1.51. The lowest BCUT2D eigenvalue weighted by Gasteiger charge is -2.12. The summed E-state index contributed by atoms with van der Waals surface area (Å²) in [6, 6.07) is 18.1. The second-order valence-corrected chi connectivity index (χ2v) is 9.27. The maximum Gasteiger partial charge on any atom is 0.458 e. The number of rotatable bonds is 5. The van der Waals surface area contributed by atoms with Crippen molar-refractivity contribution in [2.45, 2.75) is 19.0 Å². The molecule has 0 unspecified atom stereocenters. The highest BCUT2D eigenvalue weighted by Gasteiger charge is 2.24. The van der Waals surface area contributed by atoms with Crippen molar-refractivity contribution < 1.29 is 30.7 Å². The van der Waals surface area contributed by atoms with Crippen LogP contribution in [0.5, 0.6) is 0 Å². The summed E-state index contributed by atoms with van der Waals surface area (Å²) in [5.41, 5.74) is 0.630. The van der Waals surface area contributed by atoms with Gasteiger partial charge in [-0.1, -0.05) is 54.5 Å². The van der Waals surface area contributed by atoms with E-state index in [0.717, 1.165) is 47.2 Å². The number of fused-ring (bicyclic) bond motifs is 2. The molecule has 0 aromatic heterocycles. The highest BCUT2D eigenvalue weighted by atomic mass is 19.4. The average molecular weight is 549 g/mol. The monoisotopic (exact) mass is 548 g/mol. The summed E-state index contributed by atoms with van der Waals surface area (Å²) >= 11 is 0. The maximum atomic E-state index is 15.3. The topological polar surface area (TPSA) is 0 Å². The summed E-state index contributed by atoms with van der Waals surface area (Å²) in [6.45, 7) is 3.73. The largest absolute Gasteiger partial charge is 0.458 e. The van der Waals surface area contributed by atoms with Crippen molar-refractivity contribution in [2.75, 3.05) is 0 Å². The molecule has 0 aliphatic carbocycles. The minimum atomic E-state index is -4.93. The fraction of sp³-hybridized carbons (Fsp3) is 0.0909. The second kappa shape index (κ2) is 10.5. The normalized spacial score (nSPS) is 11.5. The SMILES string of the molecule is C=CCCc1ccc2cc(-c3cc(F)c(-c4ccc5c(F)c(C#CC(F)(F)F)c(F)cc5c4)c(F)c3)ccc2c1. The Kier molecular flexibility index (Phi) is 7.12. The van der Waals surface area contributed by atoms with Crippen LogP contribution in [0.25, 0.3) is 43.8 Å². The summed E-state index contributed by atoms with van der Waals surface area (Å²) in [4.78, 5) is 0. The molecule has 200 valence electrons. The van der Waals surface area contributed by atoms with E-state index in [0.29, 0.717) is 11.1 Å². The van der Waals surface area contributed by atoms with Crippen LogP contribution in [0.2, 0.25) is 0 Å². The van der Waals surface area contributed by atoms with Crippen LogP contribution in [-0.4, -0.2) is 6.18 Å². The molecule has 40 heavy (non-hydrogen) atoms. The van der Waals surface area contributed by atoms with Gasteiger partial charge in [0, 0.05) is 11.3 Å². The van der Waals surface area contributed by atoms with Gasteiger partial charge in [-0.05, 0) is 81.6 Å². The maximum absolute atomic E-state index is 15.3. The van der Waals surface area contributed by atoms with E-state index in [1.807, 2.05) is 30.3 Å². The van der Waals surface area contributed by atoms with Crippen LogP contribution in [0.4, 0.5) is 30.7 Å². The lowest BCUT2D eigenvalue weighted by molar-refractivity contribution is -0.0696. The van der Waals surface area contributed by atoms with Gasteiger partial charge in [0.2, 0.25) is 0 Å². The summed E-state index contributed by atoms with van der Waals surface area (Å²) in [5.74, 6) is -2.07. The van der Waals surface area contributed by atoms with E-state index in [1.54, 1.807) is 6.07 Å². The van der Waals surface area contributed by atoms with Crippen molar-refractivity contribution in [3.05, 3.63) is 120 Å². The van der Waals surface area contributed by atoms with Gasteiger partial charge in [0.1, 0.15) is 23.3 Å². The van der Waals surface area contributed by atoms with Crippen LogP contribution >= 0.6 is 0 Å². The Hall–Kier alpha value is -4.57. The first-order valence-electron chi connectivity index (χ1n) is 12.2. The van der Waals surface area contributed by atoms with E-state index < -0.39 is 40.6 Å². The van der Waals surface area contributed by atoms with E-state index in [9.17, 15) is 22.0 Å². The van der Waals surface area contributed by atoms with Crippen LogP contribution < -0.4 is 0 Å². The molecule has 0 heterocycles. The number of allylic oxidation sites excluding steroid dienone is 1. The molecule has 7 heteroatoms. The van der Waals surface area contributed by atoms with E-state index in [-0.39, 0.29) is 16.3 Å². The quantitative estimate of drug-likeness (QED) is 0.117. The molecule has 0 saturated heterocycles. The van der Waals surface area contributed by atoms with Gasteiger partial charge in [0.15, 0.2) is 0 Å². The minimum Gasteiger partial charge on any atom is -0.206 e. The van der Waals surface area contributed by atoms with Gasteiger partial charge in [-0.25, -0.2) is 17.6 Å². The Bertz CT molecular complexity index is 1830. The first-order chi connectivity index (χ1) is 19.0. The number of halogens is 7. The van der Waals surface area contributed by atoms with Crippen molar-refractivity contribution in [3.63, 3.8) is 0 Å². The van der Waals surface area contributed by atoms with Gasteiger partial charge in [0.25, 0.3) is 0 Å². The van der Waals surface area contributed by atoms with E-state index >= 15 is 8.78 Å². The van der Waals surface area contributed by atoms with E-state index in [4.69, 9.17) is 0 Å². The number of aryl methyl sites for hydroxylation is 1. The molecule has 0 N–H and O–H groups in total. The second-order valence-electron chi connectivity index (χ2n) is 9.27. The van der Waals surface area contributed by atoms with Crippen molar-refractivity contribution in [3.8, 4) is 34.1 Å². The lowest BCUT2D eigenvalue weighted by Crippen LogP contribution is -2.02. The first-order valence-corrected chi connectivity index (χ1v) is 12.2. The van der Waals surface area contributed by atoms with Crippen LogP contribution in [-0.2, 0) is 6.42 Å². The van der Waals surface area contributed by atoms with E-state index in [2.05, 4.69) is 12.6 Å². The molecule has 5 aromatic rings. The third-order valence-electron chi connectivity index (χ3n) is 6.56. The predicted octanol–water partition coefficient (Wildman–Crippen LogP) is 9.92. The third kappa shape index (κ3) is 5.43. The Morgan fingerprint density at radius 1 is 0.675 bits per heavy atom. The standard InChI is InChI=1S/C33H19F7/c1-2-3-4-19-5-6-21-14-22(8-7-20(21)13-19)24-16-29(35)31(30(36)17-24)23-9-10-26-25(15-23)18-28(34)27(32(26)37)11-12-33(38,39)40/h2,5-10,13-18H,1,3-4H2. The molecule has 5 rings (SSSR count). The molecule has 5 aromatic carbocycles. The molecular weight excluding hydrogens is 529 g/mol. The Morgan fingerprint density at radius 3 is 2.02 bits per heavy atom. The smallest absolute Gasteiger partial charge is 0.206 e. The summed E-state index contributed by atoms with van der Waals surface area (Å²) < 4.78 is 96.9. The average Bonchev–Trinajstić information content (AvgIpc) is 2.90. The molecule has 0 bridgehead atoms. The van der Waals surface area contributed by atoms with Gasteiger partial charge < -0.3 is 0 Å². The van der Waals surface area contributed by atoms with Gasteiger partial charge in [-0.3, -0.25) is 0 Å². The molecule has 0 aliphatic heterocycles. The van der Waals surface area contributed by atoms with Gasteiger partial charge >= 0.3 is 6.18 Å². The number of hydrogen-bond acceptors (Lipinski definition) is 0.